The van der Waals surface area contributed by atoms with E-state index >= 15 is 0 Å². The van der Waals surface area contributed by atoms with E-state index in [1.54, 1.807) is 18.2 Å². The van der Waals surface area contributed by atoms with Gasteiger partial charge in [0.25, 0.3) is 5.91 Å². The Bertz CT molecular complexity index is 960. The Balaban J connectivity index is 1.95. The van der Waals surface area contributed by atoms with Crippen molar-refractivity contribution in [3.8, 4) is 11.5 Å². The number of benzene rings is 2. The molecule has 10 heteroatoms. The van der Waals surface area contributed by atoms with Gasteiger partial charge >= 0.3 is 12.1 Å². The first-order valence-corrected chi connectivity index (χ1v) is 8.75. The Labute approximate surface area is 175 Å². The summed E-state index contributed by atoms with van der Waals surface area (Å²) in [5.41, 5.74) is -0.655. The van der Waals surface area contributed by atoms with Crippen molar-refractivity contribution in [2.45, 2.75) is 6.18 Å². The molecule has 0 saturated carbocycles. The van der Waals surface area contributed by atoms with Crippen LogP contribution >= 0.6 is 11.6 Å². The lowest BCUT2D eigenvalue weighted by molar-refractivity contribution is -0.142. The molecule has 0 atom stereocenters. The average Bonchev–Trinajstić information content (AvgIpc) is 2.71. The lowest BCUT2D eigenvalue weighted by atomic mass is 10.2. The zero-order valence-corrected chi connectivity index (χ0v) is 16.6. The summed E-state index contributed by atoms with van der Waals surface area (Å²) in [5, 5.41) is 2.09. The number of anilines is 1. The third-order valence-corrected chi connectivity index (χ3v) is 4.08. The summed E-state index contributed by atoms with van der Waals surface area (Å²) in [5.74, 6) is -0.662. The maximum Gasteiger partial charge on any atom is 0.416 e. The number of rotatable bonds is 7. The smallest absolute Gasteiger partial charge is 0.416 e. The number of alkyl halides is 3. The molecule has 0 fully saturated rings. The molecule has 0 saturated heterocycles. The molecule has 0 bridgehead atoms. The number of hydrogen-bond donors (Lipinski definition) is 1. The maximum absolute atomic E-state index is 12.8. The van der Waals surface area contributed by atoms with Crippen molar-refractivity contribution in [1.29, 1.82) is 0 Å². The van der Waals surface area contributed by atoms with Crippen LogP contribution in [-0.4, -0.2) is 32.7 Å². The van der Waals surface area contributed by atoms with E-state index < -0.39 is 30.2 Å². The van der Waals surface area contributed by atoms with Crippen LogP contribution in [-0.2, 0) is 20.5 Å². The number of amides is 1. The van der Waals surface area contributed by atoms with Crippen LogP contribution in [0.2, 0.25) is 5.02 Å². The molecule has 0 aliphatic rings. The molecule has 0 aromatic heterocycles. The molecular formula is C20H17ClF3NO5. The lowest BCUT2D eigenvalue weighted by Gasteiger charge is -2.11. The van der Waals surface area contributed by atoms with Crippen LogP contribution in [0.5, 0.6) is 11.5 Å². The molecule has 0 spiro atoms. The molecule has 0 heterocycles. The predicted molar refractivity (Wildman–Crippen MR) is 105 cm³/mol. The van der Waals surface area contributed by atoms with Crippen LogP contribution < -0.4 is 14.8 Å². The first kappa shape index (κ1) is 23.1. The minimum atomic E-state index is -4.59. The Morgan fingerprint density at radius 1 is 1.10 bits per heavy atom. The highest BCUT2D eigenvalue weighted by atomic mass is 35.5. The van der Waals surface area contributed by atoms with Crippen molar-refractivity contribution in [3.63, 3.8) is 0 Å². The fraction of sp³-hybridized carbons (Fsp3) is 0.200. The fourth-order valence-electron chi connectivity index (χ4n) is 2.28. The Morgan fingerprint density at radius 2 is 1.83 bits per heavy atom. The number of methoxy groups -OCH3 is 2. The Kier molecular flexibility index (Phi) is 7.71. The summed E-state index contributed by atoms with van der Waals surface area (Å²) in [7, 11) is 2.95. The highest BCUT2D eigenvalue weighted by Crippen LogP contribution is 2.33. The summed E-state index contributed by atoms with van der Waals surface area (Å²) < 4.78 is 53.3. The lowest BCUT2D eigenvalue weighted by Crippen LogP contribution is -2.20. The van der Waals surface area contributed by atoms with Crippen LogP contribution in [0.3, 0.4) is 0 Å². The van der Waals surface area contributed by atoms with E-state index in [1.165, 1.54) is 20.3 Å². The van der Waals surface area contributed by atoms with Crippen molar-refractivity contribution >= 4 is 35.2 Å². The van der Waals surface area contributed by atoms with E-state index in [9.17, 15) is 22.8 Å². The van der Waals surface area contributed by atoms with E-state index in [-0.39, 0.29) is 10.7 Å². The van der Waals surface area contributed by atoms with Crippen molar-refractivity contribution in [3.05, 3.63) is 58.6 Å². The van der Waals surface area contributed by atoms with Gasteiger partial charge in [-0.25, -0.2) is 4.79 Å². The van der Waals surface area contributed by atoms with Gasteiger partial charge < -0.3 is 19.5 Å². The van der Waals surface area contributed by atoms with E-state index in [1.807, 2.05) is 0 Å². The highest BCUT2D eigenvalue weighted by Gasteiger charge is 2.31. The molecule has 2 aromatic carbocycles. The van der Waals surface area contributed by atoms with Gasteiger partial charge in [-0.15, -0.1) is 0 Å². The predicted octanol–water partition coefficient (Wildman–Crippen LogP) is 4.57. The molecule has 160 valence electrons. The van der Waals surface area contributed by atoms with E-state index in [0.29, 0.717) is 23.1 Å². The molecule has 1 amide bonds. The summed E-state index contributed by atoms with van der Waals surface area (Å²) in [6.07, 6.45) is -2.10. The zero-order valence-electron chi connectivity index (χ0n) is 15.9. The van der Waals surface area contributed by atoms with Crippen LogP contribution in [0.15, 0.2) is 42.5 Å². The van der Waals surface area contributed by atoms with Crippen molar-refractivity contribution in [1.82, 2.24) is 0 Å². The third-order valence-electron chi connectivity index (χ3n) is 3.75. The maximum atomic E-state index is 12.8. The normalized spacial score (nSPS) is 11.3. The molecular weight excluding hydrogens is 427 g/mol. The number of carbonyl (C=O) groups excluding carboxylic acids is 2. The van der Waals surface area contributed by atoms with Gasteiger partial charge in [-0.1, -0.05) is 11.6 Å². The number of nitrogens with one attached hydrogen (secondary N) is 1. The third kappa shape index (κ3) is 6.41. The Hall–Kier alpha value is -3.20. The number of carbonyl (C=O) groups is 2. The largest absolute Gasteiger partial charge is 0.497 e. The van der Waals surface area contributed by atoms with Crippen LogP contribution in [0, 0.1) is 0 Å². The van der Waals surface area contributed by atoms with E-state index in [4.69, 9.17) is 25.8 Å². The summed E-state index contributed by atoms with van der Waals surface area (Å²) in [6, 6.07) is 7.44. The first-order valence-electron chi connectivity index (χ1n) is 8.37. The number of hydrogen-bond acceptors (Lipinski definition) is 5. The van der Waals surface area contributed by atoms with Crippen LogP contribution in [0.25, 0.3) is 6.08 Å². The molecule has 6 nitrogen and oxygen atoms in total. The number of esters is 1. The quantitative estimate of drug-likeness (QED) is 0.501. The van der Waals surface area contributed by atoms with Crippen molar-refractivity contribution in [2.24, 2.45) is 0 Å². The van der Waals surface area contributed by atoms with Gasteiger partial charge in [0.15, 0.2) is 6.61 Å². The van der Waals surface area contributed by atoms with Crippen molar-refractivity contribution < 1.29 is 37.0 Å². The molecule has 2 aromatic rings. The zero-order chi connectivity index (χ0) is 22.3. The van der Waals surface area contributed by atoms with Crippen molar-refractivity contribution in [2.75, 3.05) is 26.1 Å². The second-order valence-corrected chi connectivity index (χ2v) is 6.20. The minimum absolute atomic E-state index is 0.0887. The number of halogens is 4. The van der Waals surface area contributed by atoms with Gasteiger partial charge in [-0.05, 0) is 36.4 Å². The SMILES string of the molecule is COc1ccc(/C=C/C(=O)OCC(=O)Nc2cc(C(F)(F)F)ccc2Cl)c(OC)c1. The molecule has 0 aliphatic carbocycles. The highest BCUT2D eigenvalue weighted by molar-refractivity contribution is 6.33. The van der Waals surface area contributed by atoms with Crippen LogP contribution in [0.4, 0.5) is 18.9 Å². The molecule has 0 unspecified atom stereocenters. The van der Waals surface area contributed by atoms with Gasteiger partial charge in [0.1, 0.15) is 11.5 Å². The second kappa shape index (κ2) is 10.0. The van der Waals surface area contributed by atoms with Gasteiger partial charge in [0, 0.05) is 17.7 Å². The molecule has 2 rings (SSSR count). The summed E-state index contributed by atoms with van der Waals surface area (Å²) >= 11 is 5.80. The molecule has 0 aliphatic heterocycles. The monoisotopic (exact) mass is 443 g/mol. The van der Waals surface area contributed by atoms with Gasteiger partial charge in [0.05, 0.1) is 30.5 Å². The topological polar surface area (TPSA) is 73.9 Å². The van der Waals surface area contributed by atoms with E-state index in [2.05, 4.69) is 5.32 Å². The average molecular weight is 444 g/mol. The number of ether oxygens (including phenoxy) is 3. The standard InChI is InChI=1S/C20H17ClF3NO5/c1-28-14-6-3-12(17(10-14)29-2)4-8-19(27)30-11-18(26)25-16-9-13(20(22,23)24)5-7-15(16)21/h3-10H,11H2,1-2H3,(H,25,26)/b8-4+. The summed E-state index contributed by atoms with van der Waals surface area (Å²) in [6.45, 7) is -0.713. The first-order chi connectivity index (χ1) is 14.1. The molecule has 1 N–H and O–H groups in total. The second-order valence-electron chi connectivity index (χ2n) is 5.79. The van der Waals surface area contributed by atoms with Gasteiger partial charge in [0.2, 0.25) is 0 Å². The fourth-order valence-corrected chi connectivity index (χ4v) is 2.45. The Morgan fingerprint density at radius 3 is 2.47 bits per heavy atom. The van der Waals surface area contributed by atoms with Crippen LogP contribution in [0.1, 0.15) is 11.1 Å². The van der Waals surface area contributed by atoms with E-state index in [0.717, 1.165) is 18.2 Å². The van der Waals surface area contributed by atoms with Gasteiger partial charge in [-0.2, -0.15) is 13.2 Å². The molecule has 0 radical (unpaired) electrons. The minimum Gasteiger partial charge on any atom is -0.497 e. The summed E-state index contributed by atoms with van der Waals surface area (Å²) in [4.78, 5) is 23.7. The van der Waals surface area contributed by atoms with Gasteiger partial charge in [-0.3, -0.25) is 4.79 Å². The molecule has 30 heavy (non-hydrogen) atoms.